The largest absolute Gasteiger partial charge is 0.492 e. The minimum atomic E-state index is -0.408. The zero-order valence-corrected chi connectivity index (χ0v) is 15.5. The zero-order valence-electron chi connectivity index (χ0n) is 14.0. The van der Waals surface area contributed by atoms with E-state index in [-0.39, 0.29) is 25.1 Å². The fourth-order valence-electron chi connectivity index (χ4n) is 2.79. The van der Waals surface area contributed by atoms with Gasteiger partial charge in [0, 0.05) is 15.6 Å². The molecule has 0 spiro atoms. The van der Waals surface area contributed by atoms with E-state index in [0.717, 1.165) is 16.9 Å². The molecule has 0 amide bonds. The number of nitrogens with zero attached hydrogens (tertiary/aromatic N) is 2. The van der Waals surface area contributed by atoms with Crippen LogP contribution >= 0.6 is 23.2 Å². The van der Waals surface area contributed by atoms with Crippen LogP contribution in [0.2, 0.25) is 10.0 Å². The molecule has 4 rings (SSSR count). The maximum absolute atomic E-state index is 12.3. The van der Waals surface area contributed by atoms with Crippen LogP contribution in [0, 0.1) is 5.92 Å². The number of carbonyl (C=O) groups is 1. The van der Waals surface area contributed by atoms with Gasteiger partial charge in [0.1, 0.15) is 12.4 Å². The van der Waals surface area contributed by atoms with Crippen molar-refractivity contribution in [1.82, 2.24) is 10.1 Å². The van der Waals surface area contributed by atoms with Crippen molar-refractivity contribution < 1.29 is 18.8 Å². The number of benzene rings is 2. The predicted octanol–water partition coefficient (Wildman–Crippen LogP) is 4.34. The molecule has 0 radical (unpaired) electrons. The lowest BCUT2D eigenvalue weighted by atomic mass is 9.97. The van der Waals surface area contributed by atoms with Crippen molar-refractivity contribution in [2.24, 2.45) is 5.92 Å². The zero-order chi connectivity index (χ0) is 18.8. The molecule has 2 aromatic carbocycles. The molecule has 27 heavy (non-hydrogen) atoms. The first-order valence-corrected chi connectivity index (χ1v) is 9.00. The maximum Gasteiger partial charge on any atom is 0.313 e. The van der Waals surface area contributed by atoms with Crippen LogP contribution in [0.5, 0.6) is 5.75 Å². The summed E-state index contributed by atoms with van der Waals surface area (Å²) in [6, 6.07) is 12.4. The van der Waals surface area contributed by atoms with Crippen molar-refractivity contribution in [3.8, 4) is 17.1 Å². The molecule has 0 N–H and O–H groups in total. The van der Waals surface area contributed by atoms with Gasteiger partial charge in [-0.3, -0.25) is 4.79 Å². The van der Waals surface area contributed by atoms with E-state index < -0.39 is 5.92 Å². The molecule has 0 saturated heterocycles. The minimum absolute atomic E-state index is 0.0989. The van der Waals surface area contributed by atoms with Crippen molar-refractivity contribution in [2.45, 2.75) is 13.0 Å². The van der Waals surface area contributed by atoms with E-state index in [1.54, 1.807) is 42.5 Å². The standard InChI is InChI=1S/C19H14Cl2N2O4/c20-14-3-1-11(2-4-14)18-22-17(27-23-18)10-26-19(24)13-7-12-8-15(21)5-6-16(12)25-9-13/h1-6,8,13H,7,9-10H2/t13-/m0/s1. The first kappa shape index (κ1) is 17.8. The Bertz CT molecular complexity index is 972. The monoisotopic (exact) mass is 404 g/mol. The second-order valence-corrected chi connectivity index (χ2v) is 6.96. The van der Waals surface area contributed by atoms with Gasteiger partial charge in [-0.25, -0.2) is 0 Å². The fourth-order valence-corrected chi connectivity index (χ4v) is 3.12. The van der Waals surface area contributed by atoms with Crippen molar-refractivity contribution in [3.63, 3.8) is 0 Å². The summed E-state index contributed by atoms with van der Waals surface area (Å²) in [5.74, 6) is 0.574. The molecular formula is C19H14Cl2N2O4. The molecule has 8 heteroatoms. The number of fused-ring (bicyclic) bond motifs is 1. The third kappa shape index (κ3) is 4.07. The van der Waals surface area contributed by atoms with Crippen molar-refractivity contribution in [2.75, 3.05) is 6.61 Å². The molecule has 0 aliphatic carbocycles. The van der Waals surface area contributed by atoms with Crippen molar-refractivity contribution >= 4 is 29.2 Å². The van der Waals surface area contributed by atoms with Crippen LogP contribution in [0.4, 0.5) is 0 Å². The van der Waals surface area contributed by atoms with Gasteiger partial charge in [0.05, 0.1) is 5.92 Å². The molecule has 2 heterocycles. The van der Waals surface area contributed by atoms with Gasteiger partial charge in [0.25, 0.3) is 5.89 Å². The molecule has 6 nitrogen and oxygen atoms in total. The van der Waals surface area contributed by atoms with Gasteiger partial charge in [-0.1, -0.05) is 28.4 Å². The molecule has 0 saturated carbocycles. The Morgan fingerprint density at radius 1 is 1.15 bits per heavy atom. The number of hydrogen-bond donors (Lipinski definition) is 0. The SMILES string of the molecule is O=C(OCc1nc(-c2ccc(Cl)cc2)no1)[C@@H]1COc2ccc(Cl)cc2C1. The Morgan fingerprint density at radius 3 is 2.74 bits per heavy atom. The Balaban J connectivity index is 1.36. The molecule has 0 bridgehead atoms. The third-order valence-electron chi connectivity index (χ3n) is 4.17. The van der Waals surface area contributed by atoms with Crippen LogP contribution in [0.15, 0.2) is 47.0 Å². The summed E-state index contributed by atoms with van der Waals surface area (Å²) in [4.78, 5) is 16.6. The summed E-state index contributed by atoms with van der Waals surface area (Å²) in [6.07, 6.45) is 0.509. The van der Waals surface area contributed by atoms with Gasteiger partial charge in [0.15, 0.2) is 6.61 Å². The average molecular weight is 405 g/mol. The van der Waals surface area contributed by atoms with E-state index in [1.807, 2.05) is 0 Å². The highest BCUT2D eigenvalue weighted by Gasteiger charge is 2.28. The quantitative estimate of drug-likeness (QED) is 0.602. The van der Waals surface area contributed by atoms with Crippen LogP contribution in [0.3, 0.4) is 0 Å². The van der Waals surface area contributed by atoms with E-state index >= 15 is 0 Å². The normalized spacial score (nSPS) is 15.7. The summed E-state index contributed by atoms with van der Waals surface area (Å²) in [6.45, 7) is 0.158. The van der Waals surface area contributed by atoms with E-state index in [1.165, 1.54) is 0 Å². The van der Waals surface area contributed by atoms with Crippen LogP contribution in [0.1, 0.15) is 11.5 Å². The van der Waals surface area contributed by atoms with Gasteiger partial charge >= 0.3 is 5.97 Å². The number of halogens is 2. The average Bonchev–Trinajstić information content (AvgIpc) is 3.15. The molecule has 3 aromatic rings. The highest BCUT2D eigenvalue weighted by atomic mass is 35.5. The molecule has 0 unspecified atom stereocenters. The van der Waals surface area contributed by atoms with Crippen molar-refractivity contribution in [3.05, 3.63) is 64.0 Å². The number of ether oxygens (including phenoxy) is 2. The van der Waals surface area contributed by atoms with Gasteiger partial charge in [0.2, 0.25) is 5.82 Å². The lowest BCUT2D eigenvalue weighted by molar-refractivity contribution is -0.152. The van der Waals surface area contributed by atoms with Gasteiger partial charge in [-0.15, -0.1) is 0 Å². The number of carbonyl (C=O) groups excluding carboxylic acids is 1. The fraction of sp³-hybridized carbons (Fsp3) is 0.211. The van der Waals surface area contributed by atoms with Crippen molar-refractivity contribution in [1.29, 1.82) is 0 Å². The second-order valence-electron chi connectivity index (χ2n) is 6.09. The second kappa shape index (κ2) is 7.58. The number of esters is 1. The highest BCUT2D eigenvalue weighted by Crippen LogP contribution is 2.30. The first-order chi connectivity index (χ1) is 13.1. The van der Waals surface area contributed by atoms with E-state index in [9.17, 15) is 4.79 Å². The molecule has 1 aromatic heterocycles. The topological polar surface area (TPSA) is 74.5 Å². The van der Waals surface area contributed by atoms with Gasteiger partial charge < -0.3 is 14.0 Å². The lowest BCUT2D eigenvalue weighted by Gasteiger charge is -2.23. The molecule has 1 aliphatic rings. The number of hydrogen-bond acceptors (Lipinski definition) is 6. The molecule has 0 fully saturated rings. The lowest BCUT2D eigenvalue weighted by Crippen LogP contribution is -2.29. The predicted molar refractivity (Wildman–Crippen MR) is 98.7 cm³/mol. The smallest absolute Gasteiger partial charge is 0.313 e. The summed E-state index contributed by atoms with van der Waals surface area (Å²) in [7, 11) is 0. The van der Waals surface area contributed by atoms with Gasteiger partial charge in [-0.2, -0.15) is 4.98 Å². The molecule has 1 atom stereocenters. The third-order valence-corrected chi connectivity index (χ3v) is 4.66. The Hall–Kier alpha value is -2.57. The first-order valence-electron chi connectivity index (χ1n) is 8.25. The Morgan fingerprint density at radius 2 is 1.93 bits per heavy atom. The van der Waals surface area contributed by atoms with Crippen LogP contribution in [-0.2, 0) is 22.6 Å². The highest BCUT2D eigenvalue weighted by molar-refractivity contribution is 6.30. The van der Waals surface area contributed by atoms with E-state index in [4.69, 9.17) is 37.2 Å². The van der Waals surface area contributed by atoms with E-state index in [2.05, 4.69) is 10.1 Å². The summed E-state index contributed by atoms with van der Waals surface area (Å²) in [5, 5.41) is 5.11. The molecule has 138 valence electrons. The Kier molecular flexibility index (Phi) is 5.01. The molecular weight excluding hydrogens is 391 g/mol. The van der Waals surface area contributed by atoms with Crippen LogP contribution < -0.4 is 4.74 Å². The maximum atomic E-state index is 12.3. The van der Waals surface area contributed by atoms with E-state index in [0.29, 0.717) is 22.3 Å². The van der Waals surface area contributed by atoms with Gasteiger partial charge in [-0.05, 0) is 54.4 Å². The van der Waals surface area contributed by atoms with Crippen LogP contribution in [-0.4, -0.2) is 22.7 Å². The Labute approximate surface area is 165 Å². The summed E-state index contributed by atoms with van der Waals surface area (Å²) in [5.41, 5.74) is 1.65. The minimum Gasteiger partial charge on any atom is -0.492 e. The summed E-state index contributed by atoms with van der Waals surface area (Å²) < 4.78 is 16.1. The summed E-state index contributed by atoms with van der Waals surface area (Å²) >= 11 is 11.9. The number of rotatable bonds is 4. The number of aromatic nitrogens is 2. The van der Waals surface area contributed by atoms with Crippen LogP contribution in [0.25, 0.3) is 11.4 Å². The molecule has 1 aliphatic heterocycles.